The average molecular weight is 305 g/mol. The van der Waals surface area contributed by atoms with Crippen LogP contribution in [0.2, 0.25) is 5.02 Å². The highest BCUT2D eigenvalue weighted by atomic mass is 35.5. The lowest BCUT2D eigenvalue weighted by atomic mass is 10.1. The van der Waals surface area contributed by atoms with Crippen molar-refractivity contribution in [1.82, 2.24) is 10.1 Å². The number of aromatic nitrogens is 2. The fourth-order valence-electron chi connectivity index (χ4n) is 1.96. The summed E-state index contributed by atoms with van der Waals surface area (Å²) in [5, 5.41) is 13.7. The molecule has 1 aromatic carbocycles. The maximum Gasteiger partial charge on any atom is 0.374 e. The first-order chi connectivity index (χ1) is 10.1. The van der Waals surface area contributed by atoms with E-state index < -0.39 is 5.97 Å². The quantitative estimate of drug-likeness (QED) is 0.799. The number of methoxy groups -OCH3 is 1. The van der Waals surface area contributed by atoms with Crippen LogP contribution in [0.1, 0.15) is 10.6 Å². The number of benzene rings is 1. The van der Waals surface area contributed by atoms with Gasteiger partial charge in [-0.3, -0.25) is 0 Å². The summed E-state index contributed by atoms with van der Waals surface area (Å²) in [7, 11) is 1.53. The summed E-state index contributed by atoms with van der Waals surface area (Å²) in [6.45, 7) is 0. The molecule has 0 spiro atoms. The molecule has 0 saturated carbocycles. The molecular weight excluding hydrogens is 296 g/mol. The van der Waals surface area contributed by atoms with E-state index in [4.69, 9.17) is 26.0 Å². The molecule has 0 amide bonds. The molecule has 0 aliphatic heterocycles. The van der Waals surface area contributed by atoms with Crippen molar-refractivity contribution >= 4 is 28.5 Å². The van der Waals surface area contributed by atoms with Crippen molar-refractivity contribution in [2.45, 2.75) is 0 Å². The van der Waals surface area contributed by atoms with E-state index in [9.17, 15) is 4.79 Å². The standard InChI is InChI=1S/C14H9ClN2O4/c1-20-12-5-3-7-9(16-12)4-2-8(13(7)15)10-6-11(14(18)19)21-17-10/h2-6H,1H3,(H,18,19). The Labute approximate surface area is 123 Å². The zero-order valence-corrected chi connectivity index (χ0v) is 11.6. The van der Waals surface area contributed by atoms with Gasteiger partial charge in [-0.2, -0.15) is 0 Å². The van der Waals surface area contributed by atoms with Gasteiger partial charge in [0.2, 0.25) is 11.6 Å². The second-order valence-corrected chi connectivity index (χ2v) is 4.61. The zero-order valence-electron chi connectivity index (χ0n) is 10.8. The summed E-state index contributed by atoms with van der Waals surface area (Å²) in [5.41, 5.74) is 1.60. The Morgan fingerprint density at radius 1 is 1.33 bits per heavy atom. The third-order valence-electron chi connectivity index (χ3n) is 2.99. The minimum Gasteiger partial charge on any atom is -0.481 e. The maximum atomic E-state index is 10.8. The van der Waals surface area contributed by atoms with Crippen LogP contribution in [0.15, 0.2) is 34.9 Å². The predicted molar refractivity (Wildman–Crippen MR) is 75.8 cm³/mol. The number of halogens is 1. The van der Waals surface area contributed by atoms with Crippen molar-refractivity contribution in [2.24, 2.45) is 0 Å². The Balaban J connectivity index is 2.15. The van der Waals surface area contributed by atoms with E-state index in [0.717, 1.165) is 5.39 Å². The largest absolute Gasteiger partial charge is 0.481 e. The molecule has 0 bridgehead atoms. The van der Waals surface area contributed by atoms with Crippen molar-refractivity contribution in [3.63, 3.8) is 0 Å². The predicted octanol–water partition coefficient (Wildman–Crippen LogP) is 3.25. The van der Waals surface area contributed by atoms with Crippen molar-refractivity contribution in [3.8, 4) is 17.1 Å². The van der Waals surface area contributed by atoms with Crippen LogP contribution >= 0.6 is 11.6 Å². The Morgan fingerprint density at radius 2 is 2.14 bits per heavy atom. The lowest BCUT2D eigenvalue weighted by molar-refractivity contribution is 0.0652. The van der Waals surface area contributed by atoms with Crippen molar-refractivity contribution in [3.05, 3.63) is 41.1 Å². The number of aromatic carboxylic acids is 1. The van der Waals surface area contributed by atoms with E-state index in [2.05, 4.69) is 10.1 Å². The van der Waals surface area contributed by atoms with E-state index in [0.29, 0.717) is 27.7 Å². The van der Waals surface area contributed by atoms with E-state index in [-0.39, 0.29) is 5.76 Å². The van der Waals surface area contributed by atoms with E-state index in [1.54, 1.807) is 24.3 Å². The molecule has 0 unspecified atom stereocenters. The molecule has 3 rings (SSSR count). The minimum atomic E-state index is -1.18. The van der Waals surface area contributed by atoms with Crippen LogP contribution in [-0.2, 0) is 0 Å². The zero-order chi connectivity index (χ0) is 15.0. The van der Waals surface area contributed by atoms with Gasteiger partial charge in [0.05, 0.1) is 17.6 Å². The van der Waals surface area contributed by atoms with Gasteiger partial charge in [0.25, 0.3) is 0 Å². The average Bonchev–Trinajstić information content (AvgIpc) is 2.97. The second-order valence-electron chi connectivity index (χ2n) is 4.23. The van der Waals surface area contributed by atoms with Crippen molar-refractivity contribution < 1.29 is 19.2 Å². The number of carboxylic acids is 1. The lowest BCUT2D eigenvalue weighted by Gasteiger charge is -2.06. The number of fused-ring (bicyclic) bond motifs is 1. The molecular formula is C14H9ClN2O4. The number of carbonyl (C=O) groups is 1. The van der Waals surface area contributed by atoms with Gasteiger partial charge in [0, 0.05) is 23.1 Å². The smallest absolute Gasteiger partial charge is 0.374 e. The van der Waals surface area contributed by atoms with Crippen LogP contribution < -0.4 is 4.74 Å². The molecule has 0 radical (unpaired) electrons. The third kappa shape index (κ3) is 2.30. The van der Waals surface area contributed by atoms with Crippen LogP contribution in [0.3, 0.4) is 0 Å². The number of rotatable bonds is 3. The van der Waals surface area contributed by atoms with Crippen LogP contribution in [0.25, 0.3) is 22.2 Å². The van der Waals surface area contributed by atoms with Crippen LogP contribution in [-0.4, -0.2) is 28.3 Å². The Morgan fingerprint density at radius 3 is 2.81 bits per heavy atom. The normalized spacial score (nSPS) is 10.8. The van der Waals surface area contributed by atoms with Crippen LogP contribution in [0.4, 0.5) is 0 Å². The first-order valence-corrected chi connectivity index (χ1v) is 6.31. The number of ether oxygens (including phenoxy) is 1. The molecule has 2 heterocycles. The summed E-state index contributed by atoms with van der Waals surface area (Å²) in [6, 6.07) is 8.27. The van der Waals surface area contributed by atoms with Crippen molar-refractivity contribution in [2.75, 3.05) is 7.11 Å². The SMILES string of the molecule is COc1ccc2c(Cl)c(-c3cc(C(=O)O)on3)ccc2n1. The highest BCUT2D eigenvalue weighted by Gasteiger charge is 2.16. The van der Waals surface area contributed by atoms with Crippen molar-refractivity contribution in [1.29, 1.82) is 0 Å². The third-order valence-corrected chi connectivity index (χ3v) is 3.39. The fourth-order valence-corrected chi connectivity index (χ4v) is 2.28. The molecule has 0 atom stereocenters. The van der Waals surface area contributed by atoms with E-state index >= 15 is 0 Å². The van der Waals surface area contributed by atoms with E-state index in [1.165, 1.54) is 13.2 Å². The summed E-state index contributed by atoms with van der Waals surface area (Å²) in [4.78, 5) is 15.1. The van der Waals surface area contributed by atoms with Gasteiger partial charge in [0.15, 0.2) is 0 Å². The molecule has 3 aromatic rings. The lowest BCUT2D eigenvalue weighted by Crippen LogP contribution is -1.91. The molecule has 7 heteroatoms. The molecule has 0 aliphatic rings. The Bertz CT molecular complexity index is 844. The maximum absolute atomic E-state index is 10.8. The van der Waals surface area contributed by atoms with Gasteiger partial charge in [0.1, 0.15) is 5.69 Å². The number of hydrogen-bond acceptors (Lipinski definition) is 5. The Hall–Kier alpha value is -2.60. The first-order valence-electron chi connectivity index (χ1n) is 5.94. The molecule has 1 N–H and O–H groups in total. The minimum absolute atomic E-state index is 0.242. The van der Waals surface area contributed by atoms with Gasteiger partial charge in [-0.1, -0.05) is 16.8 Å². The van der Waals surface area contributed by atoms with Gasteiger partial charge < -0.3 is 14.4 Å². The van der Waals surface area contributed by atoms with Crippen LogP contribution in [0, 0.1) is 0 Å². The molecule has 106 valence electrons. The molecule has 0 fully saturated rings. The summed E-state index contributed by atoms with van der Waals surface area (Å²) in [5.74, 6) is -0.938. The highest BCUT2D eigenvalue weighted by Crippen LogP contribution is 2.34. The summed E-state index contributed by atoms with van der Waals surface area (Å²) < 4.78 is 9.80. The van der Waals surface area contributed by atoms with Gasteiger partial charge in [-0.25, -0.2) is 9.78 Å². The number of hydrogen-bond donors (Lipinski definition) is 1. The van der Waals surface area contributed by atoms with E-state index in [1.807, 2.05) is 0 Å². The molecule has 2 aromatic heterocycles. The summed E-state index contributed by atoms with van der Waals surface area (Å²) in [6.07, 6.45) is 0. The number of pyridine rings is 1. The number of carboxylic acid groups (broad SMARTS) is 1. The highest BCUT2D eigenvalue weighted by molar-refractivity contribution is 6.38. The molecule has 0 aliphatic carbocycles. The molecule has 6 nitrogen and oxygen atoms in total. The fraction of sp³-hybridized carbons (Fsp3) is 0.0714. The number of nitrogens with zero attached hydrogens (tertiary/aromatic N) is 2. The Kier molecular flexibility index (Phi) is 3.23. The topological polar surface area (TPSA) is 85.5 Å². The molecule has 21 heavy (non-hydrogen) atoms. The monoisotopic (exact) mass is 304 g/mol. The van der Waals surface area contributed by atoms with Crippen LogP contribution in [0.5, 0.6) is 5.88 Å². The van der Waals surface area contributed by atoms with Gasteiger partial charge >= 0.3 is 5.97 Å². The van der Waals surface area contributed by atoms with Gasteiger partial charge in [-0.05, 0) is 18.2 Å². The summed E-state index contributed by atoms with van der Waals surface area (Å²) >= 11 is 6.35. The molecule has 0 saturated heterocycles. The first kappa shape index (κ1) is 13.4. The second kappa shape index (κ2) is 5.06. The van der Waals surface area contributed by atoms with Gasteiger partial charge in [-0.15, -0.1) is 0 Å².